The highest BCUT2D eigenvalue weighted by molar-refractivity contribution is 5.02. The van der Waals surface area contributed by atoms with Gasteiger partial charge in [-0.25, -0.2) is 9.97 Å². The minimum absolute atomic E-state index is 0.383. The van der Waals surface area contributed by atoms with E-state index in [9.17, 15) is 13.2 Å². The molecule has 0 aliphatic rings. The average Bonchev–Trinajstić information content (AvgIpc) is 2.01. The zero-order chi connectivity index (χ0) is 10.1. The lowest BCUT2D eigenvalue weighted by atomic mass is 10.3. The predicted molar refractivity (Wildman–Crippen MR) is 37.8 cm³/mol. The van der Waals surface area contributed by atoms with Crippen molar-refractivity contribution >= 4 is 0 Å². The largest absolute Gasteiger partial charge is 0.421 e. The van der Waals surface area contributed by atoms with Gasteiger partial charge in [-0.2, -0.15) is 13.2 Å². The molecule has 3 nitrogen and oxygen atoms in total. The lowest BCUT2D eigenvalue weighted by Gasteiger charge is -2.12. The Labute approximate surface area is 72.3 Å². The Morgan fingerprint density at radius 1 is 1.46 bits per heavy atom. The monoisotopic (exact) mass is 192 g/mol. The molecule has 6 heteroatoms. The first-order valence-corrected chi connectivity index (χ1v) is 3.45. The van der Waals surface area contributed by atoms with Crippen molar-refractivity contribution in [3.05, 3.63) is 23.8 Å². The molecule has 0 radical (unpaired) electrons. The zero-order valence-electron chi connectivity index (χ0n) is 6.71. The first-order chi connectivity index (χ1) is 5.91. The van der Waals surface area contributed by atoms with Crippen molar-refractivity contribution in [3.63, 3.8) is 0 Å². The van der Waals surface area contributed by atoms with Gasteiger partial charge in [-0.15, -0.1) is 0 Å². The number of aryl methyl sites for hydroxylation is 1. The Balaban J connectivity index is 2.96. The summed E-state index contributed by atoms with van der Waals surface area (Å²) in [5.41, 5.74) is 0.383. The van der Waals surface area contributed by atoms with Crippen LogP contribution in [0.15, 0.2) is 12.3 Å². The van der Waals surface area contributed by atoms with Crippen LogP contribution < -0.4 is 0 Å². The summed E-state index contributed by atoms with van der Waals surface area (Å²) in [7, 11) is 0. The Morgan fingerprint density at radius 3 is 2.54 bits per heavy atom. The van der Waals surface area contributed by atoms with Gasteiger partial charge in [-0.1, -0.05) is 0 Å². The van der Waals surface area contributed by atoms with Crippen LogP contribution in [0, 0.1) is 6.92 Å². The summed E-state index contributed by atoms with van der Waals surface area (Å²) >= 11 is 0. The summed E-state index contributed by atoms with van der Waals surface area (Å²) < 4.78 is 35.8. The fourth-order valence-electron chi connectivity index (χ4n) is 0.746. The number of aliphatic hydroxyl groups excluding tert-OH is 1. The van der Waals surface area contributed by atoms with Gasteiger partial charge >= 0.3 is 6.18 Å². The number of hydrogen-bond donors (Lipinski definition) is 1. The van der Waals surface area contributed by atoms with Gasteiger partial charge in [-0.3, -0.25) is 0 Å². The predicted octanol–water partition coefficient (Wildman–Crippen LogP) is 1.38. The van der Waals surface area contributed by atoms with Gasteiger partial charge in [-0.05, 0) is 13.0 Å². The summed E-state index contributed by atoms with van der Waals surface area (Å²) in [6, 6.07) is 1.45. The second-order valence-electron chi connectivity index (χ2n) is 2.50. The molecule has 0 aromatic carbocycles. The van der Waals surface area contributed by atoms with Crippen LogP contribution >= 0.6 is 0 Å². The number of alkyl halides is 3. The van der Waals surface area contributed by atoms with Crippen LogP contribution in [0.2, 0.25) is 0 Å². The first-order valence-electron chi connectivity index (χ1n) is 3.45. The molecule has 1 heterocycles. The number of nitrogens with zero attached hydrogens (tertiary/aromatic N) is 2. The lowest BCUT2D eigenvalue weighted by Crippen LogP contribution is -2.22. The highest BCUT2D eigenvalue weighted by atomic mass is 19.4. The molecule has 0 aliphatic heterocycles. The molecule has 0 aliphatic carbocycles. The van der Waals surface area contributed by atoms with E-state index in [1.54, 1.807) is 0 Å². The van der Waals surface area contributed by atoms with Crippen LogP contribution in [0.25, 0.3) is 0 Å². The summed E-state index contributed by atoms with van der Waals surface area (Å²) in [4.78, 5) is 6.78. The summed E-state index contributed by atoms with van der Waals surface area (Å²) in [5, 5.41) is 8.73. The van der Waals surface area contributed by atoms with E-state index in [1.165, 1.54) is 19.2 Å². The number of aliphatic hydroxyl groups is 1. The van der Waals surface area contributed by atoms with E-state index in [1.807, 2.05) is 0 Å². The molecule has 0 bridgehead atoms. The molecule has 0 spiro atoms. The maximum Gasteiger partial charge on any atom is 0.421 e. The van der Waals surface area contributed by atoms with E-state index < -0.39 is 18.1 Å². The van der Waals surface area contributed by atoms with Crippen molar-refractivity contribution in [2.24, 2.45) is 0 Å². The molecule has 0 saturated carbocycles. The Morgan fingerprint density at radius 2 is 2.08 bits per heavy atom. The van der Waals surface area contributed by atoms with Crippen LogP contribution in [-0.4, -0.2) is 21.3 Å². The Bertz CT molecular complexity index is 300. The van der Waals surface area contributed by atoms with E-state index in [-0.39, 0.29) is 0 Å². The summed E-state index contributed by atoms with van der Waals surface area (Å²) in [6.45, 7) is 1.52. The van der Waals surface area contributed by atoms with Gasteiger partial charge in [0.25, 0.3) is 0 Å². The molecule has 0 amide bonds. The third-order valence-electron chi connectivity index (χ3n) is 1.37. The van der Waals surface area contributed by atoms with Crippen LogP contribution in [0.5, 0.6) is 0 Å². The second kappa shape index (κ2) is 3.29. The number of rotatable bonds is 1. The SMILES string of the molecule is Cc1ccnc(C(O)C(F)(F)F)n1. The van der Waals surface area contributed by atoms with Crippen LogP contribution in [-0.2, 0) is 0 Å². The van der Waals surface area contributed by atoms with Crippen molar-refractivity contribution in [1.29, 1.82) is 0 Å². The topological polar surface area (TPSA) is 46.0 Å². The maximum absolute atomic E-state index is 11.9. The molecule has 72 valence electrons. The molecule has 1 rings (SSSR count). The summed E-state index contributed by atoms with van der Waals surface area (Å²) in [5.74, 6) is -0.618. The Hall–Kier alpha value is -1.17. The smallest absolute Gasteiger partial charge is 0.377 e. The fourth-order valence-corrected chi connectivity index (χ4v) is 0.746. The fraction of sp³-hybridized carbons (Fsp3) is 0.429. The van der Waals surface area contributed by atoms with E-state index in [2.05, 4.69) is 9.97 Å². The van der Waals surface area contributed by atoms with Crippen molar-refractivity contribution in [2.45, 2.75) is 19.2 Å². The van der Waals surface area contributed by atoms with Gasteiger partial charge in [0.15, 0.2) is 5.82 Å². The summed E-state index contributed by atoms with van der Waals surface area (Å²) in [6.07, 6.45) is -6.15. The third kappa shape index (κ3) is 2.38. The van der Waals surface area contributed by atoms with Crippen molar-refractivity contribution in [1.82, 2.24) is 9.97 Å². The standard InChI is InChI=1S/C7H7F3N2O/c1-4-2-3-11-6(12-4)5(13)7(8,9)10/h2-3,5,13H,1H3. The maximum atomic E-state index is 11.9. The molecule has 1 aromatic heterocycles. The van der Waals surface area contributed by atoms with Gasteiger partial charge in [0.1, 0.15) is 0 Å². The first kappa shape index (κ1) is 9.91. The van der Waals surface area contributed by atoms with E-state index in [0.717, 1.165) is 0 Å². The highest BCUT2D eigenvalue weighted by Crippen LogP contribution is 2.30. The minimum atomic E-state index is -4.71. The molecule has 1 unspecified atom stereocenters. The van der Waals surface area contributed by atoms with E-state index >= 15 is 0 Å². The van der Waals surface area contributed by atoms with Crippen molar-refractivity contribution in [3.8, 4) is 0 Å². The molecule has 1 N–H and O–H groups in total. The third-order valence-corrected chi connectivity index (χ3v) is 1.37. The van der Waals surface area contributed by atoms with Crippen LogP contribution in [0.3, 0.4) is 0 Å². The minimum Gasteiger partial charge on any atom is -0.377 e. The molecule has 0 saturated heterocycles. The molecule has 13 heavy (non-hydrogen) atoms. The molecule has 1 atom stereocenters. The average molecular weight is 192 g/mol. The molecule has 1 aromatic rings. The molecular formula is C7H7F3N2O. The Kier molecular flexibility index (Phi) is 2.51. The number of halogens is 3. The zero-order valence-corrected chi connectivity index (χ0v) is 6.71. The quantitative estimate of drug-likeness (QED) is 0.731. The number of aromatic nitrogens is 2. The van der Waals surface area contributed by atoms with Crippen LogP contribution in [0.1, 0.15) is 17.6 Å². The normalized spacial score (nSPS) is 14.2. The van der Waals surface area contributed by atoms with Gasteiger partial charge in [0.2, 0.25) is 6.10 Å². The van der Waals surface area contributed by atoms with E-state index in [4.69, 9.17) is 5.11 Å². The number of hydrogen-bond acceptors (Lipinski definition) is 3. The highest BCUT2D eigenvalue weighted by Gasteiger charge is 2.41. The van der Waals surface area contributed by atoms with Gasteiger partial charge in [0, 0.05) is 11.9 Å². The van der Waals surface area contributed by atoms with Gasteiger partial charge < -0.3 is 5.11 Å². The molecule has 0 fully saturated rings. The lowest BCUT2D eigenvalue weighted by molar-refractivity contribution is -0.209. The van der Waals surface area contributed by atoms with Crippen molar-refractivity contribution < 1.29 is 18.3 Å². The van der Waals surface area contributed by atoms with Crippen molar-refractivity contribution in [2.75, 3.05) is 0 Å². The molecular weight excluding hydrogens is 185 g/mol. The van der Waals surface area contributed by atoms with Crippen LogP contribution in [0.4, 0.5) is 13.2 Å². The second-order valence-corrected chi connectivity index (χ2v) is 2.50. The van der Waals surface area contributed by atoms with Gasteiger partial charge in [0.05, 0.1) is 0 Å². The van der Waals surface area contributed by atoms with E-state index in [0.29, 0.717) is 5.69 Å².